The van der Waals surface area contributed by atoms with Crippen molar-refractivity contribution in [1.82, 2.24) is 0 Å². The van der Waals surface area contributed by atoms with E-state index in [1.54, 1.807) is 6.07 Å². The van der Waals surface area contributed by atoms with E-state index in [0.717, 1.165) is 46.2 Å². The van der Waals surface area contributed by atoms with Gasteiger partial charge in [-0.05, 0) is 54.2 Å². The fourth-order valence-corrected chi connectivity index (χ4v) is 3.95. The summed E-state index contributed by atoms with van der Waals surface area (Å²) in [5.74, 6) is 3.74. The molecule has 0 saturated heterocycles. The average Bonchev–Trinajstić information content (AvgIpc) is 3.48. The number of nitriles is 1. The molecular weight excluding hydrogens is 365 g/mol. The molecule has 28 heavy (non-hydrogen) atoms. The van der Waals surface area contributed by atoms with Crippen LogP contribution in [0.3, 0.4) is 0 Å². The van der Waals surface area contributed by atoms with E-state index in [1.807, 2.05) is 18.2 Å². The quantitative estimate of drug-likeness (QED) is 0.358. The van der Waals surface area contributed by atoms with E-state index in [9.17, 15) is 9.65 Å². The molecule has 1 heterocycles. The number of halogens is 1. The zero-order valence-corrected chi connectivity index (χ0v) is 17.4. The highest BCUT2D eigenvalue weighted by molar-refractivity contribution is 6.83. The van der Waals surface area contributed by atoms with Gasteiger partial charge >= 0.3 is 0 Å². The van der Waals surface area contributed by atoms with Crippen molar-refractivity contribution in [3.8, 4) is 23.3 Å². The molecular formula is C24H22FNOSi. The van der Waals surface area contributed by atoms with Crippen LogP contribution in [0.5, 0.6) is 5.75 Å². The van der Waals surface area contributed by atoms with Crippen LogP contribution in [0.1, 0.15) is 35.1 Å². The van der Waals surface area contributed by atoms with Crippen LogP contribution in [0.25, 0.3) is 5.57 Å². The zero-order chi connectivity index (χ0) is 19.9. The third-order valence-corrected chi connectivity index (χ3v) is 5.80. The van der Waals surface area contributed by atoms with Gasteiger partial charge in [0.2, 0.25) is 0 Å². The van der Waals surface area contributed by atoms with Gasteiger partial charge in [0.15, 0.2) is 0 Å². The highest BCUT2D eigenvalue weighted by atomic mass is 28.3. The van der Waals surface area contributed by atoms with E-state index in [-0.39, 0.29) is 11.7 Å². The summed E-state index contributed by atoms with van der Waals surface area (Å²) in [5.41, 5.74) is 8.78. The minimum absolute atomic E-state index is 0.287. The van der Waals surface area contributed by atoms with Gasteiger partial charge in [-0.15, -0.1) is 5.54 Å². The standard InChI is InChI=1S/C24H22FNOSi/c1-28(2,3)11-10-16-4-8-20-18(12-16)15-27-23-13-19(25)7-9-21(23)24(20)22(14-26)17-5-6-17/h4,7-9,12-13,17H,5-6,15H2,1-3H3/b24-22-. The van der Waals surface area contributed by atoms with Crippen LogP contribution in [0, 0.1) is 34.5 Å². The number of allylic oxidation sites excluding steroid dienone is 1. The first-order valence-corrected chi connectivity index (χ1v) is 13.1. The first-order valence-electron chi connectivity index (χ1n) is 9.59. The number of fused-ring (bicyclic) bond motifs is 2. The molecule has 4 rings (SSSR count). The lowest BCUT2D eigenvalue weighted by Crippen LogP contribution is -2.16. The van der Waals surface area contributed by atoms with Crippen LogP contribution < -0.4 is 4.74 Å². The van der Waals surface area contributed by atoms with Crippen LogP contribution in [0.2, 0.25) is 19.6 Å². The third-order valence-electron chi connectivity index (χ3n) is 4.93. The van der Waals surface area contributed by atoms with Gasteiger partial charge < -0.3 is 4.74 Å². The molecule has 1 aliphatic carbocycles. The number of nitrogens with zero attached hydrogens (tertiary/aromatic N) is 1. The predicted octanol–water partition coefficient (Wildman–Crippen LogP) is 5.68. The van der Waals surface area contributed by atoms with E-state index in [4.69, 9.17) is 4.74 Å². The van der Waals surface area contributed by atoms with E-state index in [1.165, 1.54) is 12.1 Å². The summed E-state index contributed by atoms with van der Waals surface area (Å²) < 4.78 is 19.8. The molecule has 0 radical (unpaired) electrons. The molecule has 1 fully saturated rings. The van der Waals surface area contributed by atoms with Crippen molar-refractivity contribution in [1.29, 1.82) is 5.26 Å². The van der Waals surface area contributed by atoms with Gasteiger partial charge in [0.1, 0.15) is 26.2 Å². The molecule has 2 aromatic carbocycles. The topological polar surface area (TPSA) is 33.0 Å². The zero-order valence-electron chi connectivity index (χ0n) is 16.4. The maximum Gasteiger partial charge on any atom is 0.130 e. The summed E-state index contributed by atoms with van der Waals surface area (Å²) in [4.78, 5) is 0. The normalized spacial score (nSPS) is 17.1. The summed E-state index contributed by atoms with van der Waals surface area (Å²) in [6.07, 6.45) is 2.05. The van der Waals surface area contributed by atoms with Crippen LogP contribution >= 0.6 is 0 Å². The van der Waals surface area contributed by atoms with Crippen LogP contribution in [0.15, 0.2) is 42.0 Å². The Balaban J connectivity index is 1.91. The SMILES string of the molecule is C[Si](C)(C)C#Cc1ccc2c(c1)COc1cc(F)ccc1/C2=C(/C#N)C1CC1. The minimum atomic E-state index is -1.47. The largest absolute Gasteiger partial charge is 0.488 e. The van der Waals surface area contributed by atoms with Crippen molar-refractivity contribution in [2.45, 2.75) is 39.1 Å². The molecule has 2 aliphatic rings. The Kier molecular flexibility index (Phi) is 4.61. The second-order valence-electron chi connectivity index (χ2n) is 8.48. The summed E-state index contributed by atoms with van der Waals surface area (Å²) >= 11 is 0. The number of ether oxygens (including phenoxy) is 1. The first kappa shape index (κ1) is 18.5. The molecule has 0 amide bonds. The molecule has 0 unspecified atom stereocenters. The molecule has 1 saturated carbocycles. The molecule has 0 aromatic heterocycles. The van der Waals surface area contributed by atoms with E-state index < -0.39 is 8.07 Å². The highest BCUT2D eigenvalue weighted by Gasteiger charge is 2.32. The Morgan fingerprint density at radius 2 is 1.86 bits per heavy atom. The fourth-order valence-electron chi connectivity index (χ4n) is 3.43. The lowest BCUT2D eigenvalue weighted by molar-refractivity contribution is 0.305. The smallest absolute Gasteiger partial charge is 0.130 e. The summed E-state index contributed by atoms with van der Waals surface area (Å²) in [7, 11) is -1.47. The van der Waals surface area contributed by atoms with E-state index >= 15 is 0 Å². The molecule has 1 aliphatic heterocycles. The maximum atomic E-state index is 13.8. The Morgan fingerprint density at radius 1 is 1.11 bits per heavy atom. The van der Waals surface area contributed by atoms with E-state index in [2.05, 4.69) is 37.2 Å². The van der Waals surface area contributed by atoms with Crippen molar-refractivity contribution in [3.63, 3.8) is 0 Å². The van der Waals surface area contributed by atoms with Crippen molar-refractivity contribution in [2.24, 2.45) is 5.92 Å². The monoisotopic (exact) mass is 387 g/mol. The number of hydrogen-bond acceptors (Lipinski definition) is 2. The Labute approximate surface area is 166 Å². The highest BCUT2D eigenvalue weighted by Crippen LogP contribution is 2.46. The van der Waals surface area contributed by atoms with Gasteiger partial charge in [-0.25, -0.2) is 4.39 Å². The molecule has 140 valence electrons. The van der Waals surface area contributed by atoms with Gasteiger partial charge in [0, 0.05) is 28.3 Å². The molecule has 0 N–H and O–H groups in total. The van der Waals surface area contributed by atoms with Crippen LogP contribution in [-0.4, -0.2) is 8.07 Å². The van der Waals surface area contributed by atoms with Gasteiger partial charge in [-0.2, -0.15) is 5.26 Å². The third kappa shape index (κ3) is 3.74. The van der Waals surface area contributed by atoms with Crippen molar-refractivity contribution >= 4 is 13.6 Å². The average molecular weight is 388 g/mol. The summed E-state index contributed by atoms with van der Waals surface area (Å²) in [5, 5.41) is 9.87. The number of benzene rings is 2. The number of hydrogen-bond donors (Lipinski definition) is 0. The second-order valence-corrected chi connectivity index (χ2v) is 13.2. The molecule has 4 heteroatoms. The molecule has 0 atom stereocenters. The van der Waals surface area contributed by atoms with Crippen LogP contribution in [-0.2, 0) is 6.61 Å². The Morgan fingerprint density at radius 3 is 2.54 bits per heavy atom. The summed E-state index contributed by atoms with van der Waals surface area (Å²) in [6.45, 7) is 6.98. The van der Waals surface area contributed by atoms with Crippen LogP contribution in [0.4, 0.5) is 4.39 Å². The van der Waals surface area contributed by atoms with Gasteiger partial charge in [-0.1, -0.05) is 31.6 Å². The molecule has 2 aromatic rings. The van der Waals surface area contributed by atoms with Crippen molar-refractivity contribution in [3.05, 3.63) is 70.0 Å². The lowest BCUT2D eigenvalue weighted by Gasteiger charge is -2.13. The fraction of sp³-hybridized carbons (Fsp3) is 0.292. The molecule has 0 spiro atoms. The summed E-state index contributed by atoms with van der Waals surface area (Å²) in [6, 6.07) is 13.1. The minimum Gasteiger partial charge on any atom is -0.488 e. The number of rotatable bonds is 1. The lowest BCUT2D eigenvalue weighted by atomic mass is 9.88. The Hall–Kier alpha value is -2.82. The maximum absolute atomic E-state index is 13.8. The first-order chi connectivity index (χ1) is 13.4. The van der Waals surface area contributed by atoms with Gasteiger partial charge in [0.05, 0.1) is 6.07 Å². The Bertz CT molecular complexity index is 1090. The van der Waals surface area contributed by atoms with Crippen molar-refractivity contribution < 1.29 is 9.13 Å². The van der Waals surface area contributed by atoms with Gasteiger partial charge in [0.25, 0.3) is 0 Å². The predicted molar refractivity (Wildman–Crippen MR) is 112 cm³/mol. The molecule has 2 nitrogen and oxygen atoms in total. The van der Waals surface area contributed by atoms with E-state index in [0.29, 0.717) is 12.4 Å². The molecule has 0 bridgehead atoms. The second kappa shape index (κ2) is 6.97. The van der Waals surface area contributed by atoms with Gasteiger partial charge in [-0.3, -0.25) is 0 Å². The van der Waals surface area contributed by atoms with Crippen molar-refractivity contribution in [2.75, 3.05) is 0 Å².